The van der Waals surface area contributed by atoms with Gasteiger partial charge in [0, 0.05) is 23.7 Å². The van der Waals surface area contributed by atoms with Crippen molar-refractivity contribution in [3.05, 3.63) is 83.6 Å². The number of halogens is 2. The standard InChI is InChI=1S/C28H24F2N4O2/c29-24-12-21(13-25(30)27(24)35)28(36)32-15-17-4-7-23(8-5-17)34-16-22-11-20(6-9-26(22)33-34)19-3-1-2-18(10-19)14-31/h1-3,6,9-13,16-17,23,35H,4-5,7-8,15H2,(H,32,36)/t17-,23-. The molecule has 0 aliphatic heterocycles. The zero-order valence-electron chi connectivity index (χ0n) is 19.4. The fraction of sp³-hybridized carbons (Fsp3) is 0.250. The Balaban J connectivity index is 1.20. The molecule has 2 N–H and O–H groups in total. The van der Waals surface area contributed by atoms with E-state index in [1.807, 2.05) is 35.0 Å². The normalized spacial score (nSPS) is 17.6. The Morgan fingerprint density at radius 3 is 2.50 bits per heavy atom. The van der Waals surface area contributed by atoms with Gasteiger partial charge in [-0.15, -0.1) is 0 Å². The summed E-state index contributed by atoms with van der Waals surface area (Å²) >= 11 is 0. The number of aromatic nitrogens is 2. The molecule has 1 heterocycles. The molecule has 3 aromatic carbocycles. The van der Waals surface area contributed by atoms with Gasteiger partial charge in [-0.25, -0.2) is 8.78 Å². The maximum atomic E-state index is 13.5. The van der Waals surface area contributed by atoms with Crippen LogP contribution in [0.15, 0.2) is 60.8 Å². The van der Waals surface area contributed by atoms with E-state index in [1.54, 1.807) is 6.07 Å². The topological polar surface area (TPSA) is 90.9 Å². The van der Waals surface area contributed by atoms with Crippen LogP contribution in [0.25, 0.3) is 22.0 Å². The highest BCUT2D eigenvalue weighted by molar-refractivity contribution is 5.94. The first-order valence-electron chi connectivity index (χ1n) is 11.9. The molecule has 5 rings (SSSR count). The summed E-state index contributed by atoms with van der Waals surface area (Å²) < 4.78 is 29.1. The van der Waals surface area contributed by atoms with Crippen molar-refractivity contribution in [3.63, 3.8) is 0 Å². The van der Waals surface area contributed by atoms with Gasteiger partial charge < -0.3 is 10.4 Å². The average molecular weight is 487 g/mol. The number of hydrogen-bond donors (Lipinski definition) is 2. The van der Waals surface area contributed by atoms with E-state index in [4.69, 9.17) is 10.4 Å². The molecule has 4 aromatic rings. The van der Waals surface area contributed by atoms with Crippen molar-refractivity contribution in [2.24, 2.45) is 5.92 Å². The molecule has 1 fully saturated rings. The van der Waals surface area contributed by atoms with E-state index in [0.29, 0.717) is 12.1 Å². The van der Waals surface area contributed by atoms with Crippen molar-refractivity contribution in [3.8, 4) is 22.9 Å². The van der Waals surface area contributed by atoms with Crippen LogP contribution in [0.5, 0.6) is 5.75 Å². The maximum absolute atomic E-state index is 13.5. The van der Waals surface area contributed by atoms with Gasteiger partial charge in [0.05, 0.1) is 23.2 Å². The lowest BCUT2D eigenvalue weighted by Crippen LogP contribution is -2.31. The number of phenolic OH excluding ortho intramolecular Hbond substituents is 1. The molecule has 182 valence electrons. The van der Waals surface area contributed by atoms with Crippen molar-refractivity contribution in [1.29, 1.82) is 5.26 Å². The molecule has 0 saturated heterocycles. The lowest BCUT2D eigenvalue weighted by molar-refractivity contribution is 0.0940. The van der Waals surface area contributed by atoms with Crippen LogP contribution >= 0.6 is 0 Å². The van der Waals surface area contributed by atoms with Crippen molar-refractivity contribution in [1.82, 2.24) is 15.1 Å². The molecule has 1 saturated carbocycles. The second-order valence-electron chi connectivity index (χ2n) is 9.25. The molecular weight excluding hydrogens is 462 g/mol. The minimum atomic E-state index is -1.16. The average Bonchev–Trinajstić information content (AvgIpc) is 3.34. The van der Waals surface area contributed by atoms with Crippen LogP contribution in [-0.2, 0) is 0 Å². The molecule has 0 unspecified atom stereocenters. The first kappa shape index (κ1) is 23.5. The monoisotopic (exact) mass is 486 g/mol. The molecule has 0 spiro atoms. The number of carbonyl (C=O) groups is 1. The summed E-state index contributed by atoms with van der Waals surface area (Å²) in [6.07, 6.45) is 5.67. The molecule has 36 heavy (non-hydrogen) atoms. The third-order valence-corrected chi connectivity index (χ3v) is 6.87. The minimum Gasteiger partial charge on any atom is -0.503 e. The Hall–Kier alpha value is -4.25. The molecule has 1 aliphatic carbocycles. The van der Waals surface area contributed by atoms with Crippen LogP contribution in [0.4, 0.5) is 8.78 Å². The van der Waals surface area contributed by atoms with Crippen LogP contribution in [0.2, 0.25) is 0 Å². The van der Waals surface area contributed by atoms with Gasteiger partial charge in [-0.2, -0.15) is 10.4 Å². The van der Waals surface area contributed by atoms with E-state index in [-0.39, 0.29) is 17.5 Å². The number of rotatable bonds is 5. The second kappa shape index (κ2) is 9.78. The van der Waals surface area contributed by atoms with Crippen LogP contribution in [0, 0.1) is 28.9 Å². The van der Waals surface area contributed by atoms with E-state index in [2.05, 4.69) is 23.6 Å². The summed E-state index contributed by atoms with van der Waals surface area (Å²) in [4.78, 5) is 12.3. The predicted octanol–water partition coefficient (Wildman–Crippen LogP) is 5.72. The number of amides is 1. The SMILES string of the molecule is N#Cc1cccc(-c2ccc3nn([C@H]4CC[C@H](CNC(=O)c5cc(F)c(O)c(F)c5)CC4)cc3c2)c1. The number of aromatic hydroxyl groups is 1. The number of carbonyl (C=O) groups excluding carboxylic acids is 1. The Morgan fingerprint density at radius 2 is 1.78 bits per heavy atom. The third-order valence-electron chi connectivity index (χ3n) is 6.87. The summed E-state index contributed by atoms with van der Waals surface area (Å²) in [5, 5.41) is 26.9. The smallest absolute Gasteiger partial charge is 0.251 e. The predicted molar refractivity (Wildman–Crippen MR) is 131 cm³/mol. The Labute approximate surface area is 206 Å². The van der Waals surface area contributed by atoms with Crippen molar-refractivity contribution < 1.29 is 18.7 Å². The molecule has 8 heteroatoms. The highest BCUT2D eigenvalue weighted by Gasteiger charge is 2.24. The summed E-state index contributed by atoms with van der Waals surface area (Å²) in [7, 11) is 0. The van der Waals surface area contributed by atoms with Crippen LogP contribution in [0.1, 0.15) is 47.6 Å². The second-order valence-corrected chi connectivity index (χ2v) is 9.25. The molecule has 1 amide bonds. The van der Waals surface area contributed by atoms with Gasteiger partial charge in [-0.3, -0.25) is 9.48 Å². The number of fused-ring (bicyclic) bond motifs is 1. The number of nitriles is 1. The van der Waals surface area contributed by atoms with Crippen molar-refractivity contribution >= 4 is 16.8 Å². The van der Waals surface area contributed by atoms with E-state index in [1.165, 1.54) is 0 Å². The fourth-order valence-electron chi connectivity index (χ4n) is 4.83. The van der Waals surface area contributed by atoms with E-state index >= 15 is 0 Å². The quantitative estimate of drug-likeness (QED) is 0.378. The molecule has 6 nitrogen and oxygen atoms in total. The molecule has 0 bridgehead atoms. The molecule has 0 atom stereocenters. The van der Waals surface area contributed by atoms with Crippen molar-refractivity contribution in [2.45, 2.75) is 31.7 Å². The first-order valence-corrected chi connectivity index (χ1v) is 11.9. The number of nitrogens with one attached hydrogen (secondary N) is 1. The van der Waals surface area contributed by atoms with Gasteiger partial charge >= 0.3 is 0 Å². The Kier molecular flexibility index (Phi) is 6.38. The Morgan fingerprint density at radius 1 is 1.06 bits per heavy atom. The van der Waals surface area contributed by atoms with Gasteiger partial charge in [-0.1, -0.05) is 18.2 Å². The summed E-state index contributed by atoms with van der Waals surface area (Å²) in [5.74, 6) is -3.70. The van der Waals surface area contributed by atoms with Gasteiger partial charge in [-0.05, 0) is 79.1 Å². The number of phenols is 1. The van der Waals surface area contributed by atoms with Crippen molar-refractivity contribution in [2.75, 3.05) is 6.54 Å². The van der Waals surface area contributed by atoms with Gasteiger partial charge in [0.1, 0.15) is 0 Å². The Bertz CT molecular complexity index is 1460. The molecule has 1 aromatic heterocycles. The van der Waals surface area contributed by atoms with E-state index in [0.717, 1.165) is 59.8 Å². The highest BCUT2D eigenvalue weighted by atomic mass is 19.1. The summed E-state index contributed by atoms with van der Waals surface area (Å²) in [6.45, 7) is 0.419. The third kappa shape index (κ3) is 4.78. The number of hydrogen-bond acceptors (Lipinski definition) is 4. The highest BCUT2D eigenvalue weighted by Crippen LogP contribution is 2.33. The maximum Gasteiger partial charge on any atom is 0.251 e. The number of nitrogens with zero attached hydrogens (tertiary/aromatic N) is 3. The lowest BCUT2D eigenvalue weighted by atomic mass is 9.86. The fourth-order valence-corrected chi connectivity index (χ4v) is 4.83. The first-order chi connectivity index (χ1) is 17.4. The summed E-state index contributed by atoms with van der Waals surface area (Å²) in [6, 6.07) is 17.7. The van der Waals surface area contributed by atoms with Gasteiger partial charge in [0.25, 0.3) is 5.91 Å². The minimum absolute atomic E-state index is 0.154. The largest absolute Gasteiger partial charge is 0.503 e. The van der Waals surface area contributed by atoms with Crippen LogP contribution in [0.3, 0.4) is 0 Å². The van der Waals surface area contributed by atoms with E-state index < -0.39 is 23.3 Å². The van der Waals surface area contributed by atoms with Gasteiger partial charge in [0.15, 0.2) is 17.4 Å². The lowest BCUT2D eigenvalue weighted by Gasteiger charge is -2.28. The van der Waals surface area contributed by atoms with Gasteiger partial charge in [0.2, 0.25) is 0 Å². The molecule has 1 aliphatic rings. The summed E-state index contributed by atoms with van der Waals surface area (Å²) in [5.41, 5.74) is 3.41. The zero-order chi connectivity index (χ0) is 25.2. The van der Waals surface area contributed by atoms with Crippen LogP contribution < -0.4 is 5.32 Å². The molecular formula is C28H24F2N4O2. The number of benzene rings is 3. The van der Waals surface area contributed by atoms with E-state index in [9.17, 15) is 18.7 Å². The van der Waals surface area contributed by atoms with Crippen LogP contribution in [-0.4, -0.2) is 27.3 Å². The zero-order valence-corrected chi connectivity index (χ0v) is 19.4. The molecule has 0 radical (unpaired) electrons.